The second-order valence-electron chi connectivity index (χ2n) is 5.37. The van der Waals surface area contributed by atoms with Crippen molar-refractivity contribution >= 4 is 29.9 Å². The van der Waals surface area contributed by atoms with Crippen molar-refractivity contribution in [1.29, 1.82) is 0 Å². The van der Waals surface area contributed by atoms with Gasteiger partial charge in [0, 0.05) is 33.9 Å². The van der Waals surface area contributed by atoms with Crippen LogP contribution in [0.5, 0.6) is 0 Å². The van der Waals surface area contributed by atoms with Crippen LogP contribution in [0.2, 0.25) is 0 Å². The average molecular weight is 427 g/mol. The summed E-state index contributed by atoms with van der Waals surface area (Å²) in [7, 11) is 5.80. The third kappa shape index (κ3) is 5.53. The number of aliphatic imine (C=N–C) groups is 1. The molecule has 0 bridgehead atoms. The van der Waals surface area contributed by atoms with Gasteiger partial charge in [-0.2, -0.15) is 5.10 Å². The molecule has 0 aliphatic carbocycles. The molecule has 0 spiro atoms. The van der Waals surface area contributed by atoms with Gasteiger partial charge in [0.25, 0.3) is 0 Å². The molecule has 1 aromatic carbocycles. The molecule has 0 aliphatic rings. The van der Waals surface area contributed by atoms with Crippen LogP contribution in [-0.2, 0) is 26.6 Å². The molecule has 126 valence electrons. The van der Waals surface area contributed by atoms with E-state index in [1.807, 2.05) is 31.9 Å². The first kappa shape index (κ1) is 19.5. The molecule has 6 heteroatoms. The summed E-state index contributed by atoms with van der Waals surface area (Å²) in [6, 6.07) is 10.8. The lowest BCUT2D eigenvalue weighted by Crippen LogP contribution is -2.38. The van der Waals surface area contributed by atoms with Crippen LogP contribution in [-0.4, -0.2) is 34.7 Å². The highest BCUT2D eigenvalue weighted by Gasteiger charge is 2.07. The SMILES string of the molecule is CCc1ccc(CN(C)C(=NC)NCc2ccnn2C)cc1.I. The Labute approximate surface area is 155 Å². The minimum absolute atomic E-state index is 0. The van der Waals surface area contributed by atoms with E-state index in [9.17, 15) is 0 Å². The lowest BCUT2D eigenvalue weighted by atomic mass is 10.1. The molecule has 0 atom stereocenters. The van der Waals surface area contributed by atoms with Gasteiger partial charge < -0.3 is 10.2 Å². The molecular formula is C17H26IN5. The summed E-state index contributed by atoms with van der Waals surface area (Å²) in [5.74, 6) is 0.876. The van der Waals surface area contributed by atoms with Gasteiger partial charge in [-0.1, -0.05) is 31.2 Å². The Balaban J connectivity index is 0.00000264. The first-order valence-electron chi connectivity index (χ1n) is 7.60. The maximum absolute atomic E-state index is 4.35. The predicted molar refractivity (Wildman–Crippen MR) is 106 cm³/mol. The van der Waals surface area contributed by atoms with Crippen molar-refractivity contribution in [2.24, 2.45) is 12.0 Å². The molecule has 0 aliphatic heterocycles. The predicted octanol–water partition coefficient (Wildman–Crippen LogP) is 2.81. The third-order valence-electron chi connectivity index (χ3n) is 3.77. The Hall–Kier alpha value is -1.57. The van der Waals surface area contributed by atoms with Crippen molar-refractivity contribution in [3.05, 3.63) is 53.3 Å². The number of nitrogens with one attached hydrogen (secondary N) is 1. The molecule has 0 radical (unpaired) electrons. The van der Waals surface area contributed by atoms with Crippen molar-refractivity contribution in [3.8, 4) is 0 Å². The van der Waals surface area contributed by atoms with Crippen molar-refractivity contribution in [2.75, 3.05) is 14.1 Å². The van der Waals surface area contributed by atoms with Gasteiger partial charge in [-0.25, -0.2) is 0 Å². The second kappa shape index (κ2) is 9.54. The van der Waals surface area contributed by atoms with Crippen LogP contribution in [0.3, 0.4) is 0 Å². The summed E-state index contributed by atoms with van der Waals surface area (Å²) in [5.41, 5.74) is 3.77. The van der Waals surface area contributed by atoms with E-state index in [4.69, 9.17) is 0 Å². The summed E-state index contributed by atoms with van der Waals surface area (Å²) in [6.45, 7) is 3.71. The first-order chi connectivity index (χ1) is 10.6. The number of hydrogen-bond donors (Lipinski definition) is 1. The van der Waals surface area contributed by atoms with Crippen LogP contribution in [0, 0.1) is 0 Å². The standard InChI is InChI=1S/C17H25N5.HI/c1-5-14-6-8-15(9-7-14)13-21(3)17(18-2)19-12-16-10-11-20-22(16)4;/h6-11H,5,12-13H2,1-4H3,(H,18,19);1H. The van der Waals surface area contributed by atoms with Crippen LogP contribution in [0.4, 0.5) is 0 Å². The number of guanidine groups is 1. The highest BCUT2D eigenvalue weighted by Crippen LogP contribution is 2.07. The zero-order chi connectivity index (χ0) is 15.9. The lowest BCUT2D eigenvalue weighted by Gasteiger charge is -2.22. The summed E-state index contributed by atoms with van der Waals surface area (Å²) in [5, 5.41) is 7.54. The van der Waals surface area contributed by atoms with Crippen LogP contribution in [0.25, 0.3) is 0 Å². The fraction of sp³-hybridized carbons (Fsp3) is 0.412. The Morgan fingerprint density at radius 2 is 1.87 bits per heavy atom. The quantitative estimate of drug-likeness (QED) is 0.454. The number of benzene rings is 1. The molecule has 1 N–H and O–H groups in total. The lowest BCUT2D eigenvalue weighted by molar-refractivity contribution is 0.474. The van der Waals surface area contributed by atoms with E-state index in [1.54, 1.807) is 6.20 Å². The summed E-state index contributed by atoms with van der Waals surface area (Å²) >= 11 is 0. The van der Waals surface area contributed by atoms with E-state index in [-0.39, 0.29) is 24.0 Å². The van der Waals surface area contributed by atoms with Crippen molar-refractivity contribution in [3.63, 3.8) is 0 Å². The maximum Gasteiger partial charge on any atom is 0.194 e. The zero-order valence-corrected chi connectivity index (χ0v) is 16.6. The van der Waals surface area contributed by atoms with Crippen LogP contribution < -0.4 is 5.32 Å². The average Bonchev–Trinajstić information content (AvgIpc) is 2.94. The van der Waals surface area contributed by atoms with E-state index < -0.39 is 0 Å². The van der Waals surface area contributed by atoms with E-state index >= 15 is 0 Å². The van der Waals surface area contributed by atoms with E-state index in [1.165, 1.54) is 11.1 Å². The number of rotatable bonds is 5. The molecule has 0 amide bonds. The van der Waals surface area contributed by atoms with E-state index in [2.05, 4.69) is 51.5 Å². The van der Waals surface area contributed by atoms with Gasteiger partial charge >= 0.3 is 0 Å². The Morgan fingerprint density at radius 3 is 2.39 bits per heavy atom. The van der Waals surface area contributed by atoms with E-state index in [0.29, 0.717) is 6.54 Å². The van der Waals surface area contributed by atoms with Gasteiger partial charge in [-0.05, 0) is 23.6 Å². The second-order valence-corrected chi connectivity index (χ2v) is 5.37. The molecule has 23 heavy (non-hydrogen) atoms. The Bertz CT molecular complexity index is 618. The minimum atomic E-state index is 0. The van der Waals surface area contributed by atoms with Crippen molar-refractivity contribution in [2.45, 2.75) is 26.4 Å². The fourth-order valence-corrected chi connectivity index (χ4v) is 2.36. The first-order valence-corrected chi connectivity index (χ1v) is 7.60. The van der Waals surface area contributed by atoms with Crippen molar-refractivity contribution < 1.29 is 0 Å². The smallest absolute Gasteiger partial charge is 0.194 e. The Kier molecular flexibility index (Phi) is 8.08. The van der Waals surface area contributed by atoms with Gasteiger partial charge in [0.1, 0.15) is 0 Å². The van der Waals surface area contributed by atoms with Gasteiger partial charge in [-0.15, -0.1) is 24.0 Å². The monoisotopic (exact) mass is 427 g/mol. The number of halogens is 1. The summed E-state index contributed by atoms with van der Waals surface area (Å²) in [6.07, 6.45) is 2.88. The minimum Gasteiger partial charge on any atom is -0.351 e. The maximum atomic E-state index is 4.35. The molecule has 0 saturated heterocycles. The van der Waals surface area contributed by atoms with Gasteiger partial charge in [0.2, 0.25) is 0 Å². The van der Waals surface area contributed by atoms with Gasteiger partial charge in [-0.3, -0.25) is 9.67 Å². The summed E-state index contributed by atoms with van der Waals surface area (Å²) < 4.78 is 1.86. The number of aromatic nitrogens is 2. The molecule has 5 nitrogen and oxygen atoms in total. The topological polar surface area (TPSA) is 45.4 Å². The van der Waals surface area contributed by atoms with E-state index in [0.717, 1.165) is 24.6 Å². The van der Waals surface area contributed by atoms with Crippen LogP contribution >= 0.6 is 24.0 Å². The molecule has 2 aromatic rings. The molecular weight excluding hydrogens is 401 g/mol. The summed E-state index contributed by atoms with van der Waals surface area (Å²) in [4.78, 5) is 6.47. The molecule has 2 rings (SSSR count). The highest BCUT2D eigenvalue weighted by atomic mass is 127. The highest BCUT2D eigenvalue weighted by molar-refractivity contribution is 14.0. The molecule has 1 heterocycles. The third-order valence-corrected chi connectivity index (χ3v) is 3.77. The van der Waals surface area contributed by atoms with Crippen LogP contribution in [0.15, 0.2) is 41.5 Å². The Morgan fingerprint density at radius 1 is 1.22 bits per heavy atom. The van der Waals surface area contributed by atoms with Gasteiger partial charge in [0.15, 0.2) is 5.96 Å². The fourth-order valence-electron chi connectivity index (χ4n) is 2.36. The molecule has 0 saturated carbocycles. The number of hydrogen-bond acceptors (Lipinski definition) is 2. The molecule has 0 unspecified atom stereocenters. The van der Waals surface area contributed by atoms with Gasteiger partial charge in [0.05, 0.1) is 12.2 Å². The zero-order valence-electron chi connectivity index (χ0n) is 14.3. The normalized spacial score (nSPS) is 11.0. The molecule has 0 fully saturated rings. The number of nitrogens with zero attached hydrogens (tertiary/aromatic N) is 4. The molecule has 1 aromatic heterocycles. The largest absolute Gasteiger partial charge is 0.351 e. The van der Waals surface area contributed by atoms with Crippen molar-refractivity contribution in [1.82, 2.24) is 20.0 Å². The number of aryl methyl sites for hydroxylation is 2. The van der Waals surface area contributed by atoms with Crippen LogP contribution in [0.1, 0.15) is 23.7 Å².